The second-order valence-corrected chi connectivity index (χ2v) is 3.63. The first-order chi connectivity index (χ1) is 6.56. The van der Waals surface area contributed by atoms with Gasteiger partial charge in [0.25, 0.3) is 0 Å². The Bertz CT molecular complexity index is 241. The minimum atomic E-state index is -0.909. The van der Waals surface area contributed by atoms with Crippen molar-refractivity contribution in [2.24, 2.45) is 11.8 Å². The van der Waals surface area contributed by atoms with Gasteiger partial charge in [-0.2, -0.15) is 0 Å². The van der Waals surface area contributed by atoms with Gasteiger partial charge in [-0.1, -0.05) is 0 Å². The van der Waals surface area contributed by atoms with E-state index in [0.29, 0.717) is 19.5 Å². The van der Waals surface area contributed by atoms with Crippen LogP contribution in [-0.4, -0.2) is 49.2 Å². The maximum Gasteiger partial charge on any atom is 0.310 e. The molecule has 5 nitrogen and oxygen atoms in total. The van der Waals surface area contributed by atoms with Crippen molar-refractivity contribution >= 4 is 11.9 Å². The molecular formula is C9H15NO4. The van der Waals surface area contributed by atoms with E-state index in [0.717, 1.165) is 0 Å². The van der Waals surface area contributed by atoms with Crippen LogP contribution in [0.25, 0.3) is 0 Å². The van der Waals surface area contributed by atoms with E-state index in [1.807, 2.05) is 11.9 Å². The van der Waals surface area contributed by atoms with Gasteiger partial charge >= 0.3 is 11.9 Å². The van der Waals surface area contributed by atoms with Crippen LogP contribution in [0.2, 0.25) is 0 Å². The zero-order valence-corrected chi connectivity index (χ0v) is 8.40. The predicted molar refractivity (Wildman–Crippen MR) is 48.7 cm³/mol. The fourth-order valence-corrected chi connectivity index (χ4v) is 1.80. The summed E-state index contributed by atoms with van der Waals surface area (Å²) in [6.45, 7) is 1.17. The number of carboxylic acid groups (broad SMARTS) is 1. The normalized spacial score (nSPS) is 28.4. The van der Waals surface area contributed by atoms with Gasteiger partial charge in [0.05, 0.1) is 18.9 Å². The summed E-state index contributed by atoms with van der Waals surface area (Å²) in [7, 11) is 3.16. The number of carboxylic acids is 1. The van der Waals surface area contributed by atoms with E-state index in [1.54, 1.807) is 0 Å². The number of carbonyl (C=O) groups excluding carboxylic acids is 1. The van der Waals surface area contributed by atoms with Gasteiger partial charge in [0, 0.05) is 6.54 Å². The molecular weight excluding hydrogens is 186 g/mol. The van der Waals surface area contributed by atoms with Crippen molar-refractivity contribution in [2.45, 2.75) is 6.42 Å². The van der Waals surface area contributed by atoms with Crippen molar-refractivity contribution in [3.8, 4) is 0 Å². The number of hydrogen-bond acceptors (Lipinski definition) is 4. The predicted octanol–water partition coefficient (Wildman–Crippen LogP) is -0.188. The molecule has 1 saturated heterocycles. The molecule has 0 aromatic carbocycles. The molecule has 14 heavy (non-hydrogen) atoms. The minimum absolute atomic E-state index is 0.427. The van der Waals surface area contributed by atoms with E-state index in [2.05, 4.69) is 4.74 Å². The molecule has 0 radical (unpaired) electrons. The van der Waals surface area contributed by atoms with Crippen LogP contribution in [0.5, 0.6) is 0 Å². The Kier molecular flexibility index (Phi) is 3.46. The summed E-state index contributed by atoms with van der Waals surface area (Å²) < 4.78 is 4.59. The van der Waals surface area contributed by atoms with Crippen molar-refractivity contribution in [1.82, 2.24) is 4.90 Å². The Morgan fingerprint density at radius 2 is 2.07 bits per heavy atom. The Morgan fingerprint density at radius 3 is 2.57 bits per heavy atom. The molecule has 1 rings (SSSR count). The van der Waals surface area contributed by atoms with Gasteiger partial charge < -0.3 is 14.7 Å². The number of carbonyl (C=O) groups is 2. The average molecular weight is 201 g/mol. The lowest BCUT2D eigenvalue weighted by Gasteiger charge is -2.32. The number of likely N-dealkylation sites (tertiary alicyclic amines) is 1. The third-order valence-electron chi connectivity index (χ3n) is 2.64. The quantitative estimate of drug-likeness (QED) is 0.627. The standard InChI is InChI=1S/C9H15NO4/c1-10-4-3-6(8(11)12)7(5-10)9(13)14-2/h6-7H,3-5H2,1-2H3,(H,11,12)/t6-,7+/m1/s1. The molecule has 1 N–H and O–H groups in total. The molecule has 0 unspecified atom stereocenters. The number of methoxy groups -OCH3 is 1. The average Bonchev–Trinajstić information content (AvgIpc) is 2.16. The Labute approximate surface area is 82.6 Å². The minimum Gasteiger partial charge on any atom is -0.481 e. The molecule has 80 valence electrons. The molecule has 1 aliphatic rings. The lowest BCUT2D eigenvalue weighted by atomic mass is 9.86. The molecule has 0 amide bonds. The van der Waals surface area contributed by atoms with E-state index in [1.165, 1.54) is 7.11 Å². The SMILES string of the molecule is COC(=O)[C@H]1CN(C)CC[C@H]1C(=O)O. The largest absolute Gasteiger partial charge is 0.481 e. The Morgan fingerprint density at radius 1 is 1.43 bits per heavy atom. The highest BCUT2D eigenvalue weighted by Crippen LogP contribution is 2.24. The number of aliphatic carboxylic acids is 1. The van der Waals surface area contributed by atoms with Crippen LogP contribution in [-0.2, 0) is 14.3 Å². The smallest absolute Gasteiger partial charge is 0.310 e. The van der Waals surface area contributed by atoms with Crippen LogP contribution in [0.3, 0.4) is 0 Å². The van der Waals surface area contributed by atoms with Crippen LogP contribution in [0.4, 0.5) is 0 Å². The zero-order valence-electron chi connectivity index (χ0n) is 8.40. The Hall–Kier alpha value is -1.10. The van der Waals surface area contributed by atoms with E-state index >= 15 is 0 Å². The molecule has 0 aromatic heterocycles. The van der Waals surface area contributed by atoms with Gasteiger partial charge in [0.1, 0.15) is 0 Å². The maximum absolute atomic E-state index is 11.3. The third-order valence-corrected chi connectivity index (χ3v) is 2.64. The molecule has 5 heteroatoms. The molecule has 0 aliphatic carbocycles. The number of esters is 1. The van der Waals surface area contributed by atoms with Gasteiger partial charge in [-0.05, 0) is 20.0 Å². The Balaban J connectivity index is 2.73. The van der Waals surface area contributed by atoms with Crippen LogP contribution in [0.1, 0.15) is 6.42 Å². The summed E-state index contributed by atoms with van der Waals surface area (Å²) in [5.74, 6) is -2.47. The summed E-state index contributed by atoms with van der Waals surface area (Å²) in [6, 6.07) is 0. The lowest BCUT2D eigenvalue weighted by Crippen LogP contribution is -2.45. The number of hydrogen-bond donors (Lipinski definition) is 1. The van der Waals surface area contributed by atoms with Gasteiger partial charge in [0.2, 0.25) is 0 Å². The second-order valence-electron chi connectivity index (χ2n) is 3.63. The fourth-order valence-electron chi connectivity index (χ4n) is 1.80. The summed E-state index contributed by atoms with van der Waals surface area (Å²) in [4.78, 5) is 24.1. The van der Waals surface area contributed by atoms with Gasteiger partial charge in [-0.15, -0.1) is 0 Å². The first kappa shape index (κ1) is 11.0. The third kappa shape index (κ3) is 2.23. The van der Waals surface area contributed by atoms with Crippen molar-refractivity contribution < 1.29 is 19.4 Å². The zero-order chi connectivity index (χ0) is 10.7. The maximum atomic E-state index is 11.3. The van der Waals surface area contributed by atoms with Gasteiger partial charge in [0.15, 0.2) is 0 Å². The lowest BCUT2D eigenvalue weighted by molar-refractivity contribution is -0.158. The molecule has 0 aromatic rings. The van der Waals surface area contributed by atoms with Crippen molar-refractivity contribution in [3.05, 3.63) is 0 Å². The number of ether oxygens (including phenoxy) is 1. The topological polar surface area (TPSA) is 66.8 Å². The first-order valence-corrected chi connectivity index (χ1v) is 4.55. The van der Waals surface area contributed by atoms with Gasteiger partial charge in [-0.3, -0.25) is 9.59 Å². The molecule has 0 saturated carbocycles. The molecule has 1 fully saturated rings. The highest BCUT2D eigenvalue weighted by molar-refractivity contribution is 5.81. The molecule has 0 spiro atoms. The van der Waals surface area contributed by atoms with Crippen LogP contribution in [0, 0.1) is 11.8 Å². The van der Waals surface area contributed by atoms with Crippen LogP contribution >= 0.6 is 0 Å². The van der Waals surface area contributed by atoms with Gasteiger partial charge in [-0.25, -0.2) is 0 Å². The molecule has 1 heterocycles. The first-order valence-electron chi connectivity index (χ1n) is 4.55. The second kappa shape index (κ2) is 4.41. The highest BCUT2D eigenvalue weighted by Gasteiger charge is 2.38. The summed E-state index contributed by atoms with van der Waals surface area (Å²) in [5.41, 5.74) is 0. The van der Waals surface area contributed by atoms with Crippen molar-refractivity contribution in [3.63, 3.8) is 0 Å². The van der Waals surface area contributed by atoms with Crippen LogP contribution < -0.4 is 0 Å². The fraction of sp³-hybridized carbons (Fsp3) is 0.778. The van der Waals surface area contributed by atoms with Crippen molar-refractivity contribution in [1.29, 1.82) is 0 Å². The van der Waals surface area contributed by atoms with E-state index in [-0.39, 0.29) is 0 Å². The van der Waals surface area contributed by atoms with E-state index < -0.39 is 23.8 Å². The number of nitrogens with zero attached hydrogens (tertiary/aromatic N) is 1. The monoisotopic (exact) mass is 201 g/mol. The summed E-state index contributed by atoms with van der Waals surface area (Å²) >= 11 is 0. The van der Waals surface area contributed by atoms with Crippen molar-refractivity contribution in [2.75, 3.05) is 27.2 Å². The summed E-state index contributed by atoms with van der Waals surface area (Å²) in [6.07, 6.45) is 0.506. The summed E-state index contributed by atoms with van der Waals surface area (Å²) in [5, 5.41) is 8.91. The number of rotatable bonds is 2. The molecule has 1 aliphatic heterocycles. The molecule has 2 atom stereocenters. The van der Waals surface area contributed by atoms with E-state index in [4.69, 9.17) is 5.11 Å². The molecule has 0 bridgehead atoms. The highest BCUT2D eigenvalue weighted by atomic mass is 16.5. The van der Waals surface area contributed by atoms with Crippen LogP contribution in [0.15, 0.2) is 0 Å². The van der Waals surface area contributed by atoms with E-state index in [9.17, 15) is 9.59 Å². The number of piperidine rings is 1.